The summed E-state index contributed by atoms with van der Waals surface area (Å²) in [6.07, 6.45) is 0.884. The number of carbonyl (C=O) groups excluding carboxylic acids is 1. The SMILES string of the molecule is COc1cccc(CCC(=O)NCCc2nc(C(=O)O)cs2)c1F. The fourth-order valence-electron chi connectivity index (χ4n) is 2.08. The molecule has 2 rings (SSSR count). The van der Waals surface area contributed by atoms with Crippen molar-refractivity contribution >= 4 is 23.2 Å². The van der Waals surface area contributed by atoms with Crippen molar-refractivity contribution in [2.45, 2.75) is 19.3 Å². The third kappa shape index (κ3) is 4.76. The van der Waals surface area contributed by atoms with Crippen LogP contribution in [0.2, 0.25) is 0 Å². The molecular formula is C16H17FN2O4S. The molecule has 24 heavy (non-hydrogen) atoms. The van der Waals surface area contributed by atoms with Crippen LogP contribution in [0.4, 0.5) is 4.39 Å². The first-order valence-electron chi connectivity index (χ1n) is 7.27. The molecule has 1 aromatic carbocycles. The Bertz CT molecular complexity index is 733. The van der Waals surface area contributed by atoms with E-state index in [0.29, 0.717) is 23.5 Å². The van der Waals surface area contributed by atoms with E-state index in [1.165, 1.54) is 29.9 Å². The summed E-state index contributed by atoms with van der Waals surface area (Å²) >= 11 is 1.24. The zero-order valence-corrected chi connectivity index (χ0v) is 13.9. The number of thiazole rings is 1. The number of halogens is 1. The number of aryl methyl sites for hydroxylation is 1. The highest BCUT2D eigenvalue weighted by molar-refractivity contribution is 7.09. The minimum Gasteiger partial charge on any atom is -0.494 e. The van der Waals surface area contributed by atoms with Gasteiger partial charge in [0.1, 0.15) is 0 Å². The molecule has 0 aliphatic rings. The third-order valence-electron chi connectivity index (χ3n) is 3.32. The van der Waals surface area contributed by atoms with Gasteiger partial charge in [-0.05, 0) is 18.1 Å². The molecule has 1 amide bonds. The highest BCUT2D eigenvalue weighted by atomic mass is 32.1. The highest BCUT2D eigenvalue weighted by Gasteiger charge is 2.11. The van der Waals surface area contributed by atoms with E-state index >= 15 is 0 Å². The van der Waals surface area contributed by atoms with Gasteiger partial charge in [0.15, 0.2) is 17.3 Å². The number of aromatic carboxylic acids is 1. The Morgan fingerprint density at radius 3 is 2.83 bits per heavy atom. The zero-order valence-electron chi connectivity index (χ0n) is 13.0. The molecule has 0 aliphatic heterocycles. The Morgan fingerprint density at radius 2 is 2.17 bits per heavy atom. The first-order chi connectivity index (χ1) is 11.5. The first-order valence-corrected chi connectivity index (χ1v) is 8.15. The number of nitrogens with zero attached hydrogens (tertiary/aromatic N) is 1. The topological polar surface area (TPSA) is 88.5 Å². The minimum absolute atomic E-state index is 0.00910. The number of carboxylic acids is 1. The van der Waals surface area contributed by atoms with Gasteiger partial charge in [-0.3, -0.25) is 4.79 Å². The number of aromatic nitrogens is 1. The van der Waals surface area contributed by atoms with Crippen molar-refractivity contribution in [2.75, 3.05) is 13.7 Å². The quantitative estimate of drug-likeness (QED) is 0.761. The van der Waals surface area contributed by atoms with Gasteiger partial charge in [-0.2, -0.15) is 0 Å². The fraction of sp³-hybridized carbons (Fsp3) is 0.312. The Kier molecular flexibility index (Phi) is 6.25. The van der Waals surface area contributed by atoms with E-state index in [2.05, 4.69) is 10.3 Å². The van der Waals surface area contributed by atoms with Crippen LogP contribution in [0.25, 0.3) is 0 Å². The van der Waals surface area contributed by atoms with Gasteiger partial charge in [0, 0.05) is 24.8 Å². The number of hydrogen-bond donors (Lipinski definition) is 2. The number of carbonyl (C=O) groups is 2. The number of methoxy groups -OCH3 is 1. The van der Waals surface area contributed by atoms with E-state index in [1.807, 2.05) is 0 Å². The number of hydrogen-bond acceptors (Lipinski definition) is 5. The van der Waals surface area contributed by atoms with Gasteiger partial charge >= 0.3 is 5.97 Å². The van der Waals surface area contributed by atoms with Crippen LogP contribution in [0, 0.1) is 5.82 Å². The lowest BCUT2D eigenvalue weighted by Crippen LogP contribution is -2.26. The van der Waals surface area contributed by atoms with Gasteiger partial charge < -0.3 is 15.2 Å². The number of benzene rings is 1. The molecule has 6 nitrogen and oxygen atoms in total. The molecule has 0 radical (unpaired) electrons. The summed E-state index contributed by atoms with van der Waals surface area (Å²) < 4.78 is 18.9. The number of carboxylic acid groups (broad SMARTS) is 1. The van der Waals surface area contributed by atoms with Crippen LogP contribution in [0.3, 0.4) is 0 Å². The summed E-state index contributed by atoms with van der Waals surface area (Å²) in [7, 11) is 1.39. The number of rotatable bonds is 8. The maximum atomic E-state index is 14.0. The summed E-state index contributed by atoms with van der Waals surface area (Å²) in [6, 6.07) is 4.82. The van der Waals surface area contributed by atoms with Crippen LogP contribution in [-0.2, 0) is 17.6 Å². The Labute approximate surface area is 142 Å². The van der Waals surface area contributed by atoms with E-state index < -0.39 is 11.8 Å². The molecule has 0 bridgehead atoms. The average Bonchev–Trinajstić information content (AvgIpc) is 3.03. The van der Waals surface area contributed by atoms with Gasteiger partial charge in [0.25, 0.3) is 0 Å². The molecule has 0 aliphatic carbocycles. The molecule has 0 fully saturated rings. The monoisotopic (exact) mass is 352 g/mol. The largest absolute Gasteiger partial charge is 0.494 e. The Hall–Kier alpha value is -2.48. The maximum absolute atomic E-state index is 14.0. The normalized spacial score (nSPS) is 10.4. The average molecular weight is 352 g/mol. The predicted octanol–water partition coefficient (Wildman–Crippen LogP) is 2.28. The molecule has 2 aromatic rings. The second-order valence-corrected chi connectivity index (χ2v) is 5.91. The molecule has 0 unspecified atom stereocenters. The van der Waals surface area contributed by atoms with Gasteiger partial charge in [-0.1, -0.05) is 12.1 Å². The van der Waals surface area contributed by atoms with Crippen molar-refractivity contribution < 1.29 is 23.8 Å². The Morgan fingerprint density at radius 1 is 1.38 bits per heavy atom. The smallest absolute Gasteiger partial charge is 0.355 e. The molecule has 0 atom stereocenters. The zero-order chi connectivity index (χ0) is 17.5. The fourth-order valence-corrected chi connectivity index (χ4v) is 2.85. The van der Waals surface area contributed by atoms with Crippen molar-refractivity contribution in [2.24, 2.45) is 0 Å². The predicted molar refractivity (Wildman–Crippen MR) is 87.1 cm³/mol. The molecule has 2 N–H and O–H groups in total. The summed E-state index contributed by atoms with van der Waals surface area (Å²) in [4.78, 5) is 26.5. The second kappa shape index (κ2) is 8.39. The van der Waals surface area contributed by atoms with Crippen molar-refractivity contribution in [3.8, 4) is 5.75 Å². The van der Waals surface area contributed by atoms with Crippen LogP contribution < -0.4 is 10.1 Å². The van der Waals surface area contributed by atoms with E-state index in [1.54, 1.807) is 12.1 Å². The lowest BCUT2D eigenvalue weighted by Gasteiger charge is -2.07. The van der Waals surface area contributed by atoms with E-state index in [9.17, 15) is 14.0 Å². The molecule has 8 heteroatoms. The van der Waals surface area contributed by atoms with Crippen molar-refractivity contribution in [3.05, 3.63) is 45.7 Å². The molecule has 128 valence electrons. The van der Waals surface area contributed by atoms with Crippen molar-refractivity contribution in [1.29, 1.82) is 0 Å². The lowest BCUT2D eigenvalue weighted by molar-refractivity contribution is -0.121. The first kappa shape index (κ1) is 17.9. The van der Waals surface area contributed by atoms with Gasteiger partial charge in [0.2, 0.25) is 5.91 Å². The standard InChI is InChI=1S/C16H17FN2O4S/c1-23-12-4-2-3-10(15(12)17)5-6-13(20)18-8-7-14-19-11(9-24-14)16(21)22/h2-4,9H,5-8H2,1H3,(H,18,20)(H,21,22). The Balaban J connectivity index is 1.76. The molecular weight excluding hydrogens is 335 g/mol. The van der Waals surface area contributed by atoms with E-state index in [4.69, 9.17) is 9.84 Å². The van der Waals surface area contributed by atoms with E-state index in [0.717, 1.165) is 0 Å². The van der Waals surface area contributed by atoms with Crippen LogP contribution >= 0.6 is 11.3 Å². The number of ether oxygens (including phenoxy) is 1. The summed E-state index contributed by atoms with van der Waals surface area (Å²) in [5.41, 5.74) is 0.436. The summed E-state index contributed by atoms with van der Waals surface area (Å²) in [5, 5.41) is 13.6. The van der Waals surface area contributed by atoms with Crippen LogP contribution in [0.1, 0.15) is 27.5 Å². The van der Waals surface area contributed by atoms with Crippen LogP contribution in [-0.4, -0.2) is 35.6 Å². The lowest BCUT2D eigenvalue weighted by atomic mass is 10.1. The third-order valence-corrected chi connectivity index (χ3v) is 4.23. The van der Waals surface area contributed by atoms with Crippen molar-refractivity contribution in [1.82, 2.24) is 10.3 Å². The van der Waals surface area contributed by atoms with Gasteiger partial charge in [-0.15, -0.1) is 11.3 Å². The molecule has 1 heterocycles. The molecule has 0 saturated heterocycles. The maximum Gasteiger partial charge on any atom is 0.355 e. The summed E-state index contributed by atoms with van der Waals surface area (Å²) in [5.74, 6) is -1.56. The highest BCUT2D eigenvalue weighted by Crippen LogP contribution is 2.20. The molecule has 0 saturated carbocycles. The van der Waals surface area contributed by atoms with Crippen LogP contribution in [0.15, 0.2) is 23.6 Å². The van der Waals surface area contributed by atoms with Gasteiger partial charge in [-0.25, -0.2) is 14.2 Å². The van der Waals surface area contributed by atoms with E-state index in [-0.39, 0.29) is 30.2 Å². The van der Waals surface area contributed by atoms with Crippen LogP contribution in [0.5, 0.6) is 5.75 Å². The van der Waals surface area contributed by atoms with Gasteiger partial charge in [0.05, 0.1) is 12.1 Å². The van der Waals surface area contributed by atoms with Crippen molar-refractivity contribution in [3.63, 3.8) is 0 Å². The second-order valence-electron chi connectivity index (χ2n) is 4.96. The number of nitrogens with one attached hydrogen (secondary N) is 1. The minimum atomic E-state index is -1.07. The molecule has 1 aromatic heterocycles. The summed E-state index contributed by atoms with van der Waals surface area (Å²) in [6.45, 7) is 0.353. The number of amides is 1. The molecule has 0 spiro atoms.